The van der Waals surface area contributed by atoms with Gasteiger partial charge >= 0.3 is 0 Å². The Bertz CT molecular complexity index is 833. The Labute approximate surface area is 122 Å². The molecule has 2 aliphatic rings. The van der Waals surface area contributed by atoms with Crippen molar-refractivity contribution in [1.82, 2.24) is 4.98 Å². The first kappa shape index (κ1) is 13.1. The Morgan fingerprint density at radius 2 is 1.95 bits per heavy atom. The summed E-state index contributed by atoms with van der Waals surface area (Å²) < 4.78 is 1.13. The molecule has 0 saturated carbocycles. The van der Waals surface area contributed by atoms with Crippen molar-refractivity contribution in [2.24, 2.45) is 0 Å². The van der Waals surface area contributed by atoms with Crippen molar-refractivity contribution in [2.75, 3.05) is 12.3 Å². The molecule has 0 spiro atoms. The van der Waals surface area contributed by atoms with Crippen molar-refractivity contribution in [3.63, 3.8) is 0 Å². The molecule has 3 nitrogen and oxygen atoms in total. The van der Waals surface area contributed by atoms with E-state index in [4.69, 9.17) is 10.7 Å². The smallest absolute Gasteiger partial charge is 0.202 e. The summed E-state index contributed by atoms with van der Waals surface area (Å²) in [5.41, 5.74) is 11.2. The molecule has 4 heteroatoms. The minimum absolute atomic E-state index is 0.828. The van der Waals surface area contributed by atoms with Crippen molar-refractivity contribution >= 4 is 27.2 Å². The molecule has 1 heterocycles. The van der Waals surface area contributed by atoms with E-state index in [1.165, 1.54) is 15.8 Å². The summed E-state index contributed by atoms with van der Waals surface area (Å²) >= 11 is 1.74. The minimum atomic E-state index is 0.828. The van der Waals surface area contributed by atoms with Crippen LogP contribution in [0.1, 0.15) is 18.1 Å². The third kappa shape index (κ3) is 2.16. The van der Waals surface area contributed by atoms with E-state index in [-0.39, 0.29) is 0 Å². The van der Waals surface area contributed by atoms with E-state index in [1.807, 2.05) is 13.0 Å². The number of nitrogens with two attached hydrogens (primary N) is 1. The maximum atomic E-state index is 6.00. The van der Waals surface area contributed by atoms with Gasteiger partial charge in [-0.2, -0.15) is 0 Å². The number of hydrogen-bond donors (Lipinski definition) is 2. The summed E-state index contributed by atoms with van der Waals surface area (Å²) in [4.78, 5) is 9.34. The highest BCUT2D eigenvalue weighted by Crippen LogP contribution is 2.31. The lowest BCUT2D eigenvalue weighted by molar-refractivity contribution is -0.496. The van der Waals surface area contributed by atoms with Crippen LogP contribution < -0.4 is 16.1 Å². The van der Waals surface area contributed by atoms with Gasteiger partial charge in [-0.1, -0.05) is 0 Å². The van der Waals surface area contributed by atoms with Crippen LogP contribution in [0.15, 0.2) is 24.3 Å². The number of nitrogens with zero attached hydrogens (tertiary/aromatic N) is 1. The van der Waals surface area contributed by atoms with Gasteiger partial charge in [-0.05, 0) is 44.5 Å². The molecule has 1 aliphatic carbocycles. The summed E-state index contributed by atoms with van der Waals surface area (Å²) in [5, 5.41) is 1.18. The highest BCUT2D eigenvalue weighted by molar-refractivity contribution is 7.21. The quantitative estimate of drug-likeness (QED) is 0.527. The Balaban J connectivity index is 2.37. The van der Waals surface area contributed by atoms with Gasteiger partial charge in [-0.3, -0.25) is 0 Å². The molecule has 3 rings (SSSR count). The summed E-state index contributed by atoms with van der Waals surface area (Å²) in [6.45, 7) is 7.16. The van der Waals surface area contributed by atoms with E-state index in [9.17, 15) is 0 Å². The average Bonchev–Trinajstić information content (AvgIpc) is 2.40. The summed E-state index contributed by atoms with van der Waals surface area (Å²) in [6, 6.07) is 8.42. The topological polar surface area (TPSA) is 52.9 Å². The Morgan fingerprint density at radius 1 is 1.15 bits per heavy atom. The lowest BCUT2D eigenvalue weighted by atomic mass is 10.1. The van der Waals surface area contributed by atoms with Crippen molar-refractivity contribution in [2.45, 2.75) is 20.8 Å². The molecule has 0 unspecified atom stereocenters. The predicted molar refractivity (Wildman–Crippen MR) is 84.8 cm³/mol. The van der Waals surface area contributed by atoms with E-state index in [0.717, 1.165) is 33.7 Å². The van der Waals surface area contributed by atoms with Gasteiger partial charge in [0, 0.05) is 17.3 Å². The largest absolute Gasteiger partial charge is 0.398 e. The molecule has 0 saturated heterocycles. The summed E-state index contributed by atoms with van der Waals surface area (Å²) in [6.07, 6.45) is 0. The molecular formula is C16H18N3S+. The van der Waals surface area contributed by atoms with Crippen LogP contribution in [0.2, 0.25) is 0 Å². The van der Waals surface area contributed by atoms with Gasteiger partial charge < -0.3 is 5.73 Å². The normalized spacial score (nSPS) is 12.4. The van der Waals surface area contributed by atoms with Crippen LogP contribution in [0.4, 0.5) is 5.69 Å². The zero-order valence-electron chi connectivity index (χ0n) is 11.9. The molecular weight excluding hydrogens is 266 g/mol. The molecule has 0 amide bonds. The van der Waals surface area contributed by atoms with E-state index in [0.29, 0.717) is 0 Å². The van der Waals surface area contributed by atoms with Crippen molar-refractivity contribution < 1.29 is 4.99 Å². The molecule has 20 heavy (non-hydrogen) atoms. The lowest BCUT2D eigenvalue weighted by Gasteiger charge is -2.08. The third-order valence-electron chi connectivity index (χ3n) is 3.48. The van der Waals surface area contributed by atoms with Gasteiger partial charge in [0.25, 0.3) is 0 Å². The standard InChI is InChI=1S/C16H17N3S/c1-4-18-12-8-16-14(6-10(12)3)19-13-5-9(2)11(17)7-15(13)20-16/h5-8H,4,17H2,1-3H3/p+1. The number of nitrogen functional groups attached to an aromatic ring is 1. The minimum Gasteiger partial charge on any atom is -0.398 e. The van der Waals surface area contributed by atoms with Crippen LogP contribution in [0.5, 0.6) is 0 Å². The number of benzene rings is 2. The SMILES string of the molecule is CC[NH+]=c1cc2sc3cc(N)c(C)cc3nc-2cc1C. The maximum Gasteiger partial charge on any atom is 0.202 e. The maximum absolute atomic E-state index is 6.00. The lowest BCUT2D eigenvalue weighted by Crippen LogP contribution is -2.76. The van der Waals surface area contributed by atoms with E-state index in [2.05, 4.69) is 37.0 Å². The second-order valence-corrected chi connectivity index (χ2v) is 6.14. The molecule has 0 bridgehead atoms. The van der Waals surface area contributed by atoms with Crippen molar-refractivity contribution in [1.29, 1.82) is 0 Å². The highest BCUT2D eigenvalue weighted by atomic mass is 32.1. The molecule has 0 atom stereocenters. The molecule has 3 N–H and O–H groups in total. The number of rotatable bonds is 1. The number of fused-ring (bicyclic) bond motifs is 2. The zero-order chi connectivity index (χ0) is 14.3. The number of anilines is 1. The van der Waals surface area contributed by atoms with Crippen molar-refractivity contribution in [3.8, 4) is 10.6 Å². The first-order chi connectivity index (χ1) is 9.58. The molecule has 1 aliphatic heterocycles. The van der Waals surface area contributed by atoms with Gasteiger partial charge in [0.2, 0.25) is 5.36 Å². The van der Waals surface area contributed by atoms with Crippen molar-refractivity contribution in [3.05, 3.63) is 40.7 Å². The van der Waals surface area contributed by atoms with Gasteiger partial charge in [0.1, 0.15) is 6.54 Å². The summed E-state index contributed by atoms with van der Waals surface area (Å²) in [7, 11) is 0. The number of aryl methyl sites for hydroxylation is 2. The Morgan fingerprint density at radius 3 is 2.70 bits per heavy atom. The van der Waals surface area contributed by atoms with Gasteiger partial charge in [-0.25, -0.2) is 9.98 Å². The zero-order valence-corrected chi connectivity index (χ0v) is 12.8. The number of hydrogen-bond acceptors (Lipinski definition) is 3. The summed E-state index contributed by atoms with van der Waals surface area (Å²) in [5.74, 6) is 0. The van der Waals surface area contributed by atoms with Crippen LogP contribution in [0, 0.1) is 13.8 Å². The fourth-order valence-corrected chi connectivity index (χ4v) is 3.35. The van der Waals surface area contributed by atoms with Gasteiger partial charge in [-0.15, -0.1) is 11.3 Å². The first-order valence-electron chi connectivity index (χ1n) is 6.76. The third-order valence-corrected chi connectivity index (χ3v) is 4.58. The second-order valence-electron chi connectivity index (χ2n) is 5.06. The number of nitrogens with one attached hydrogen (secondary N) is 1. The fourth-order valence-electron chi connectivity index (χ4n) is 2.33. The monoisotopic (exact) mass is 284 g/mol. The molecule has 0 aromatic heterocycles. The van der Waals surface area contributed by atoms with Crippen LogP contribution in [-0.4, -0.2) is 11.5 Å². The van der Waals surface area contributed by atoms with E-state index < -0.39 is 0 Å². The van der Waals surface area contributed by atoms with E-state index in [1.54, 1.807) is 11.3 Å². The second kappa shape index (κ2) is 4.87. The Kier molecular flexibility index (Phi) is 3.18. The highest BCUT2D eigenvalue weighted by Gasteiger charge is 2.11. The van der Waals surface area contributed by atoms with Crippen LogP contribution in [-0.2, 0) is 0 Å². The van der Waals surface area contributed by atoms with Crippen LogP contribution in [0.25, 0.3) is 20.8 Å². The fraction of sp³-hybridized carbons (Fsp3) is 0.250. The number of aromatic nitrogens is 1. The molecule has 1 aromatic rings. The average molecular weight is 284 g/mol. The molecule has 102 valence electrons. The molecule has 1 aromatic carbocycles. The van der Waals surface area contributed by atoms with Crippen LogP contribution in [0.3, 0.4) is 0 Å². The molecule has 0 radical (unpaired) electrons. The van der Waals surface area contributed by atoms with E-state index >= 15 is 0 Å². The first-order valence-corrected chi connectivity index (χ1v) is 7.58. The van der Waals surface area contributed by atoms with Crippen LogP contribution >= 0.6 is 11.3 Å². The molecule has 0 fully saturated rings. The predicted octanol–water partition coefficient (Wildman–Crippen LogP) is 1.60. The Hall–Kier alpha value is -1.94. The van der Waals surface area contributed by atoms with Gasteiger partial charge in [0.15, 0.2) is 0 Å². The van der Waals surface area contributed by atoms with Gasteiger partial charge in [0.05, 0.1) is 20.8 Å².